The van der Waals surface area contributed by atoms with Crippen LogP contribution in [0.4, 0.5) is 0 Å². The summed E-state index contributed by atoms with van der Waals surface area (Å²) in [6, 6.07) is 0. The molecule has 0 rings (SSSR count). The smallest absolute Gasteiger partial charge is 0.0512 e. The molecule has 13 heavy (non-hydrogen) atoms. The summed E-state index contributed by atoms with van der Waals surface area (Å²) in [4.78, 5) is 6.90. The Kier molecular flexibility index (Phi) is 12.0. The van der Waals surface area contributed by atoms with E-state index < -0.39 is 0 Å². The first-order valence-electron chi connectivity index (χ1n) is 4.65. The molecule has 3 nitrogen and oxygen atoms in total. The van der Waals surface area contributed by atoms with Crippen molar-refractivity contribution in [3.8, 4) is 0 Å². The van der Waals surface area contributed by atoms with Gasteiger partial charge in [0, 0.05) is 32.7 Å². The molecule has 0 fully saturated rings. The van der Waals surface area contributed by atoms with Crippen molar-refractivity contribution in [1.29, 1.82) is 0 Å². The largest absolute Gasteiger partial charge is 0.294 e. The van der Waals surface area contributed by atoms with Crippen molar-refractivity contribution in [2.75, 3.05) is 47.6 Å². The zero-order valence-corrected chi connectivity index (χ0v) is 12.6. The van der Waals surface area contributed by atoms with Crippen LogP contribution in [0.5, 0.6) is 0 Å². The zero-order valence-electron chi connectivity index (χ0n) is 9.75. The maximum atomic E-state index is 2.31. The van der Waals surface area contributed by atoms with Crippen molar-refractivity contribution < 1.29 is 32.7 Å². The molecule has 0 amide bonds. The van der Waals surface area contributed by atoms with Gasteiger partial charge in [-0.15, -0.1) is 0 Å². The fraction of sp³-hybridized carbons (Fsp3) is 1.00. The van der Waals surface area contributed by atoms with Crippen molar-refractivity contribution in [1.82, 2.24) is 14.7 Å². The molecule has 1 radical (unpaired) electrons. The molecule has 77 valence electrons. The summed E-state index contributed by atoms with van der Waals surface area (Å²) in [6.07, 6.45) is 0. The predicted molar refractivity (Wildman–Crippen MR) is 54.1 cm³/mol. The van der Waals surface area contributed by atoms with Gasteiger partial charge in [0.25, 0.3) is 0 Å². The Bertz CT molecular complexity index is 99.0. The summed E-state index contributed by atoms with van der Waals surface area (Å²) < 4.78 is 0. The zero-order chi connectivity index (χ0) is 9.56. The number of hydrogen-bond donors (Lipinski definition) is 0. The van der Waals surface area contributed by atoms with Gasteiger partial charge in [-0.05, 0) is 34.2 Å². The van der Waals surface area contributed by atoms with Crippen molar-refractivity contribution in [2.24, 2.45) is 0 Å². The van der Waals surface area contributed by atoms with E-state index in [0.29, 0.717) is 0 Å². The Morgan fingerprint density at radius 3 is 1.23 bits per heavy atom. The monoisotopic (exact) mass is 262 g/mol. The first-order chi connectivity index (χ1) is 5.60. The SMILES string of the molecule is CCN(C)CN(C)CN(C)CC.[Y]. The van der Waals surface area contributed by atoms with Gasteiger partial charge < -0.3 is 0 Å². The van der Waals surface area contributed by atoms with Gasteiger partial charge in [0.05, 0.1) is 13.3 Å². The van der Waals surface area contributed by atoms with E-state index in [1.54, 1.807) is 0 Å². The average Bonchev–Trinajstić information content (AvgIpc) is 2.03. The molecule has 0 atom stereocenters. The van der Waals surface area contributed by atoms with E-state index in [1.807, 2.05) is 0 Å². The normalized spacial score (nSPS) is 11.1. The van der Waals surface area contributed by atoms with Gasteiger partial charge in [0.2, 0.25) is 0 Å². The van der Waals surface area contributed by atoms with E-state index >= 15 is 0 Å². The molecule has 0 aromatic rings. The number of rotatable bonds is 6. The van der Waals surface area contributed by atoms with Crippen molar-refractivity contribution in [3.05, 3.63) is 0 Å². The van der Waals surface area contributed by atoms with Gasteiger partial charge in [0.1, 0.15) is 0 Å². The molecule has 0 aliphatic rings. The molecule has 4 heteroatoms. The summed E-state index contributed by atoms with van der Waals surface area (Å²) in [5.74, 6) is 0. The van der Waals surface area contributed by atoms with Crippen LogP contribution < -0.4 is 0 Å². The first-order valence-corrected chi connectivity index (χ1v) is 4.65. The summed E-state index contributed by atoms with van der Waals surface area (Å²) in [5, 5.41) is 0. The standard InChI is InChI=1S/C9H23N3.Y/c1-6-10(3)8-12(5)9-11(4)7-2;/h6-9H2,1-5H3;. The van der Waals surface area contributed by atoms with Crippen molar-refractivity contribution >= 4 is 0 Å². The van der Waals surface area contributed by atoms with Crippen LogP contribution in [0.1, 0.15) is 13.8 Å². The van der Waals surface area contributed by atoms with Crippen LogP contribution in [-0.4, -0.2) is 62.3 Å². The summed E-state index contributed by atoms with van der Waals surface area (Å²) in [7, 11) is 6.43. The van der Waals surface area contributed by atoms with Crippen molar-refractivity contribution in [3.63, 3.8) is 0 Å². The molecule has 0 heterocycles. The summed E-state index contributed by atoms with van der Waals surface area (Å²) >= 11 is 0. The third kappa shape index (κ3) is 9.29. The molecule has 0 aliphatic carbocycles. The minimum Gasteiger partial charge on any atom is -0.294 e. The second kappa shape index (κ2) is 9.54. The third-order valence-electron chi connectivity index (χ3n) is 2.05. The van der Waals surface area contributed by atoms with E-state index in [-0.39, 0.29) is 32.7 Å². The average molecular weight is 262 g/mol. The van der Waals surface area contributed by atoms with Crippen LogP contribution in [-0.2, 0) is 32.7 Å². The molecule has 0 N–H and O–H groups in total. The Hall–Kier alpha value is 0.984. The molecule has 0 aromatic carbocycles. The van der Waals surface area contributed by atoms with Crippen LogP contribution in [0.2, 0.25) is 0 Å². The first kappa shape index (κ1) is 16.4. The second-order valence-corrected chi connectivity index (χ2v) is 3.48. The topological polar surface area (TPSA) is 9.72 Å². The van der Waals surface area contributed by atoms with Crippen LogP contribution in [0.25, 0.3) is 0 Å². The number of hydrogen-bond acceptors (Lipinski definition) is 3. The van der Waals surface area contributed by atoms with Crippen LogP contribution in [0, 0.1) is 0 Å². The second-order valence-electron chi connectivity index (χ2n) is 3.48. The van der Waals surface area contributed by atoms with Crippen LogP contribution in [0.3, 0.4) is 0 Å². The Balaban J connectivity index is 0. The minimum atomic E-state index is 0. The molecule has 0 aliphatic heterocycles. The van der Waals surface area contributed by atoms with E-state index in [9.17, 15) is 0 Å². The Morgan fingerprint density at radius 1 is 0.692 bits per heavy atom. The van der Waals surface area contributed by atoms with Gasteiger partial charge in [-0.25, -0.2) is 0 Å². The fourth-order valence-electron chi connectivity index (χ4n) is 1.07. The predicted octanol–water partition coefficient (Wildman–Crippen LogP) is 0.734. The number of nitrogens with zero attached hydrogens (tertiary/aromatic N) is 3. The van der Waals surface area contributed by atoms with Gasteiger partial charge in [0.15, 0.2) is 0 Å². The van der Waals surface area contributed by atoms with E-state index in [2.05, 4.69) is 49.7 Å². The maximum Gasteiger partial charge on any atom is 0.0512 e. The van der Waals surface area contributed by atoms with Gasteiger partial charge >= 0.3 is 0 Å². The Morgan fingerprint density at radius 2 is 1.00 bits per heavy atom. The summed E-state index contributed by atoms with van der Waals surface area (Å²) in [5.41, 5.74) is 0. The van der Waals surface area contributed by atoms with Crippen molar-refractivity contribution in [2.45, 2.75) is 13.8 Å². The van der Waals surface area contributed by atoms with Crippen LogP contribution >= 0.6 is 0 Å². The molecule has 0 unspecified atom stereocenters. The molecule has 0 spiro atoms. The van der Waals surface area contributed by atoms with E-state index in [4.69, 9.17) is 0 Å². The quantitative estimate of drug-likeness (QED) is 0.654. The van der Waals surface area contributed by atoms with E-state index in [0.717, 1.165) is 26.4 Å². The van der Waals surface area contributed by atoms with E-state index in [1.165, 1.54) is 0 Å². The molecule has 0 bridgehead atoms. The molecule has 0 saturated heterocycles. The van der Waals surface area contributed by atoms with Crippen LogP contribution in [0.15, 0.2) is 0 Å². The molecular weight excluding hydrogens is 239 g/mol. The van der Waals surface area contributed by atoms with Gasteiger partial charge in [-0.2, -0.15) is 0 Å². The van der Waals surface area contributed by atoms with Gasteiger partial charge in [-0.1, -0.05) is 13.8 Å². The minimum absolute atomic E-state index is 0. The molecule has 0 saturated carbocycles. The van der Waals surface area contributed by atoms with Gasteiger partial charge in [-0.3, -0.25) is 14.7 Å². The third-order valence-corrected chi connectivity index (χ3v) is 2.05. The summed E-state index contributed by atoms with van der Waals surface area (Å²) in [6.45, 7) is 8.66. The Labute approximate surface area is 108 Å². The molecule has 0 aromatic heterocycles. The molecular formula is C9H23N3Y. The maximum absolute atomic E-state index is 2.31. The fourth-order valence-corrected chi connectivity index (χ4v) is 1.07.